The molecule has 25 heavy (non-hydrogen) atoms. The SMILES string of the molecule is Cc1ccc2c(c1)C(=O)N(CC(=O)Nc1nnc(CC(C)C)s1)C2=O. The van der Waals surface area contributed by atoms with Crippen molar-refractivity contribution in [2.75, 3.05) is 11.9 Å². The molecule has 1 aliphatic rings. The maximum atomic E-state index is 12.4. The zero-order chi connectivity index (χ0) is 18.1. The van der Waals surface area contributed by atoms with Crippen LogP contribution in [0.5, 0.6) is 0 Å². The summed E-state index contributed by atoms with van der Waals surface area (Å²) in [5.74, 6) is -0.929. The average Bonchev–Trinajstić information content (AvgIpc) is 3.05. The molecule has 0 saturated heterocycles. The zero-order valence-corrected chi connectivity index (χ0v) is 15.0. The molecule has 7 nitrogen and oxygen atoms in total. The first kappa shape index (κ1) is 17.2. The quantitative estimate of drug-likeness (QED) is 0.828. The van der Waals surface area contributed by atoms with Crippen molar-refractivity contribution >= 4 is 34.2 Å². The number of hydrogen-bond acceptors (Lipinski definition) is 6. The van der Waals surface area contributed by atoms with Gasteiger partial charge in [-0.15, -0.1) is 10.2 Å². The second kappa shape index (κ2) is 6.72. The van der Waals surface area contributed by atoms with Crippen LogP contribution in [-0.2, 0) is 11.2 Å². The standard InChI is InChI=1S/C17H18N4O3S/c1-9(2)6-14-19-20-17(25-14)18-13(22)8-21-15(23)11-5-4-10(3)7-12(11)16(21)24/h4-5,7,9H,6,8H2,1-3H3,(H,18,20,22). The second-order valence-corrected chi connectivity index (χ2v) is 7.45. The van der Waals surface area contributed by atoms with Crippen molar-refractivity contribution in [2.24, 2.45) is 5.92 Å². The fourth-order valence-corrected chi connectivity index (χ4v) is 3.55. The number of imide groups is 1. The van der Waals surface area contributed by atoms with Gasteiger partial charge in [0.2, 0.25) is 11.0 Å². The maximum absolute atomic E-state index is 12.4. The molecular weight excluding hydrogens is 340 g/mol. The van der Waals surface area contributed by atoms with E-state index in [0.717, 1.165) is 21.9 Å². The van der Waals surface area contributed by atoms with Crippen molar-refractivity contribution in [3.63, 3.8) is 0 Å². The highest BCUT2D eigenvalue weighted by atomic mass is 32.1. The van der Waals surface area contributed by atoms with Gasteiger partial charge in [-0.3, -0.25) is 24.6 Å². The molecule has 3 rings (SSSR count). The largest absolute Gasteiger partial charge is 0.299 e. The smallest absolute Gasteiger partial charge is 0.262 e. The van der Waals surface area contributed by atoms with Crippen LogP contribution in [0, 0.1) is 12.8 Å². The third kappa shape index (κ3) is 3.58. The van der Waals surface area contributed by atoms with Gasteiger partial charge in [-0.25, -0.2) is 0 Å². The summed E-state index contributed by atoms with van der Waals surface area (Å²) in [4.78, 5) is 37.8. The van der Waals surface area contributed by atoms with Crippen LogP contribution in [0.4, 0.5) is 5.13 Å². The lowest BCUT2D eigenvalue weighted by Gasteiger charge is -2.12. The Bertz CT molecular complexity index is 859. The number of rotatable bonds is 5. The Morgan fingerprint density at radius 1 is 1.20 bits per heavy atom. The molecule has 2 heterocycles. The van der Waals surface area contributed by atoms with Gasteiger partial charge in [0.25, 0.3) is 11.8 Å². The van der Waals surface area contributed by atoms with Gasteiger partial charge in [0.05, 0.1) is 11.1 Å². The van der Waals surface area contributed by atoms with Gasteiger partial charge in [0, 0.05) is 6.42 Å². The molecule has 0 atom stereocenters. The van der Waals surface area contributed by atoms with E-state index in [9.17, 15) is 14.4 Å². The van der Waals surface area contributed by atoms with E-state index in [1.54, 1.807) is 18.2 Å². The van der Waals surface area contributed by atoms with Crippen LogP contribution in [0.2, 0.25) is 0 Å². The van der Waals surface area contributed by atoms with E-state index in [1.807, 2.05) is 6.92 Å². The summed E-state index contributed by atoms with van der Waals surface area (Å²) in [5.41, 5.74) is 1.56. The number of carbonyl (C=O) groups is 3. The normalized spacial score (nSPS) is 13.5. The van der Waals surface area contributed by atoms with Gasteiger partial charge < -0.3 is 0 Å². The minimum atomic E-state index is -0.474. The van der Waals surface area contributed by atoms with Crippen LogP contribution in [0.25, 0.3) is 0 Å². The van der Waals surface area contributed by atoms with Gasteiger partial charge in [0.15, 0.2) is 0 Å². The number of hydrogen-bond donors (Lipinski definition) is 1. The number of aromatic nitrogens is 2. The summed E-state index contributed by atoms with van der Waals surface area (Å²) in [6.45, 7) is 5.65. The van der Waals surface area contributed by atoms with Crippen molar-refractivity contribution in [1.29, 1.82) is 0 Å². The van der Waals surface area contributed by atoms with Crippen molar-refractivity contribution in [2.45, 2.75) is 27.2 Å². The van der Waals surface area contributed by atoms with Gasteiger partial charge in [-0.05, 0) is 25.0 Å². The Labute approximate surface area is 149 Å². The molecule has 0 spiro atoms. The molecule has 0 radical (unpaired) electrons. The summed E-state index contributed by atoms with van der Waals surface area (Å²) in [6.07, 6.45) is 0.783. The minimum Gasteiger partial charge on any atom is -0.299 e. The van der Waals surface area contributed by atoms with Crippen molar-refractivity contribution in [3.8, 4) is 0 Å². The summed E-state index contributed by atoms with van der Waals surface area (Å²) in [7, 11) is 0. The van der Waals surface area contributed by atoms with E-state index in [2.05, 4.69) is 29.4 Å². The fourth-order valence-electron chi connectivity index (χ4n) is 2.59. The number of benzene rings is 1. The number of carbonyl (C=O) groups excluding carboxylic acids is 3. The maximum Gasteiger partial charge on any atom is 0.262 e. The Kier molecular flexibility index (Phi) is 4.63. The highest BCUT2D eigenvalue weighted by Crippen LogP contribution is 2.24. The van der Waals surface area contributed by atoms with Crippen molar-refractivity contribution < 1.29 is 14.4 Å². The summed E-state index contributed by atoms with van der Waals surface area (Å²) < 4.78 is 0. The predicted molar refractivity (Wildman–Crippen MR) is 93.6 cm³/mol. The molecule has 0 bridgehead atoms. The van der Waals surface area contributed by atoms with E-state index in [0.29, 0.717) is 22.2 Å². The molecule has 1 aromatic heterocycles. The number of anilines is 1. The fraction of sp³-hybridized carbons (Fsp3) is 0.353. The van der Waals surface area contributed by atoms with E-state index in [1.165, 1.54) is 11.3 Å². The molecule has 1 aliphatic heterocycles. The summed E-state index contributed by atoms with van der Waals surface area (Å²) in [5, 5.41) is 11.7. The number of nitrogens with zero attached hydrogens (tertiary/aromatic N) is 3. The van der Waals surface area contributed by atoms with E-state index in [-0.39, 0.29) is 6.54 Å². The molecule has 2 aromatic rings. The van der Waals surface area contributed by atoms with Crippen LogP contribution in [-0.4, -0.2) is 39.4 Å². The topological polar surface area (TPSA) is 92.3 Å². The third-order valence-corrected chi connectivity index (χ3v) is 4.58. The minimum absolute atomic E-state index is 0.332. The molecule has 0 saturated carbocycles. The van der Waals surface area contributed by atoms with Crippen LogP contribution in [0.3, 0.4) is 0 Å². The predicted octanol–water partition coefficient (Wildman–Crippen LogP) is 2.28. The van der Waals surface area contributed by atoms with Crippen LogP contribution in [0.1, 0.15) is 45.1 Å². The molecule has 1 N–H and O–H groups in total. The summed E-state index contributed by atoms with van der Waals surface area (Å²) >= 11 is 1.30. The molecule has 0 unspecified atom stereocenters. The van der Waals surface area contributed by atoms with Crippen LogP contribution < -0.4 is 5.32 Å². The first-order valence-corrected chi connectivity index (χ1v) is 8.76. The Morgan fingerprint density at radius 2 is 1.92 bits per heavy atom. The highest BCUT2D eigenvalue weighted by Gasteiger charge is 2.36. The van der Waals surface area contributed by atoms with Gasteiger partial charge >= 0.3 is 0 Å². The lowest BCUT2D eigenvalue weighted by molar-refractivity contribution is -0.116. The highest BCUT2D eigenvalue weighted by molar-refractivity contribution is 7.15. The molecule has 130 valence electrons. The zero-order valence-electron chi connectivity index (χ0n) is 14.2. The Morgan fingerprint density at radius 3 is 2.64 bits per heavy atom. The van der Waals surface area contributed by atoms with Crippen molar-refractivity contribution in [1.82, 2.24) is 15.1 Å². The molecule has 1 aromatic carbocycles. The van der Waals surface area contributed by atoms with Crippen LogP contribution >= 0.6 is 11.3 Å². The van der Waals surface area contributed by atoms with E-state index >= 15 is 0 Å². The Balaban J connectivity index is 1.67. The molecule has 3 amide bonds. The van der Waals surface area contributed by atoms with Crippen LogP contribution in [0.15, 0.2) is 18.2 Å². The molecule has 0 aliphatic carbocycles. The number of nitrogens with one attached hydrogen (secondary N) is 1. The van der Waals surface area contributed by atoms with Gasteiger partial charge in [-0.1, -0.05) is 36.8 Å². The number of fused-ring (bicyclic) bond motifs is 1. The van der Waals surface area contributed by atoms with Gasteiger partial charge in [-0.2, -0.15) is 0 Å². The summed E-state index contributed by atoms with van der Waals surface area (Å²) in [6, 6.07) is 5.05. The first-order valence-electron chi connectivity index (χ1n) is 7.94. The monoisotopic (exact) mass is 358 g/mol. The lowest BCUT2D eigenvalue weighted by atomic mass is 10.1. The number of amides is 3. The molecule has 8 heteroatoms. The van der Waals surface area contributed by atoms with E-state index in [4.69, 9.17) is 0 Å². The van der Waals surface area contributed by atoms with E-state index < -0.39 is 17.7 Å². The third-order valence-electron chi connectivity index (χ3n) is 3.72. The Hall–Kier alpha value is -2.61. The average molecular weight is 358 g/mol. The van der Waals surface area contributed by atoms with Gasteiger partial charge in [0.1, 0.15) is 11.6 Å². The molecular formula is C17H18N4O3S. The van der Waals surface area contributed by atoms with Crippen molar-refractivity contribution in [3.05, 3.63) is 39.9 Å². The first-order chi connectivity index (χ1) is 11.8. The second-order valence-electron chi connectivity index (χ2n) is 6.39. The molecule has 0 fully saturated rings. The lowest BCUT2D eigenvalue weighted by Crippen LogP contribution is -2.37. The number of aryl methyl sites for hydroxylation is 1.